The average molecular weight is 430 g/mol. The Hall–Kier alpha value is -3.39. The van der Waals surface area contributed by atoms with Crippen LogP contribution in [0.2, 0.25) is 5.02 Å². The van der Waals surface area contributed by atoms with E-state index in [4.69, 9.17) is 21.1 Å². The molecule has 0 spiro atoms. The Balaban J connectivity index is 1.76. The van der Waals surface area contributed by atoms with Gasteiger partial charge in [-0.1, -0.05) is 23.7 Å². The van der Waals surface area contributed by atoms with Gasteiger partial charge in [0.25, 0.3) is 0 Å². The number of nitrogens with zero attached hydrogens (tertiary/aromatic N) is 2. The zero-order chi connectivity index (χ0) is 21.7. The summed E-state index contributed by atoms with van der Waals surface area (Å²) in [6.07, 6.45) is 0. The highest BCUT2D eigenvalue weighted by Gasteiger charge is 2.36. The van der Waals surface area contributed by atoms with E-state index < -0.39 is 23.9 Å². The second-order valence-electron chi connectivity index (χ2n) is 6.38. The molecule has 1 aliphatic rings. The summed E-state index contributed by atoms with van der Waals surface area (Å²) in [6.45, 7) is 2.04. The number of halogens is 1. The molecular formula is C21H20ClN3O5. The van der Waals surface area contributed by atoms with Gasteiger partial charge in [0.2, 0.25) is 0 Å². The van der Waals surface area contributed by atoms with Gasteiger partial charge in [0.15, 0.2) is 0 Å². The van der Waals surface area contributed by atoms with E-state index in [9.17, 15) is 14.4 Å². The first-order valence-corrected chi connectivity index (χ1v) is 9.58. The molecule has 1 unspecified atom stereocenters. The Labute approximate surface area is 178 Å². The number of anilines is 1. The predicted molar refractivity (Wildman–Crippen MR) is 112 cm³/mol. The van der Waals surface area contributed by atoms with E-state index in [1.165, 1.54) is 12.1 Å². The highest BCUT2D eigenvalue weighted by molar-refractivity contribution is 6.30. The van der Waals surface area contributed by atoms with Crippen molar-refractivity contribution in [3.05, 3.63) is 64.7 Å². The largest absolute Gasteiger partial charge is 0.468 e. The van der Waals surface area contributed by atoms with Crippen LogP contribution in [-0.4, -0.2) is 49.0 Å². The van der Waals surface area contributed by atoms with E-state index in [0.717, 1.165) is 0 Å². The second-order valence-corrected chi connectivity index (χ2v) is 6.81. The smallest absolute Gasteiger partial charge is 0.342 e. The van der Waals surface area contributed by atoms with Gasteiger partial charge in [-0.15, -0.1) is 0 Å². The molecule has 9 heteroatoms. The quantitative estimate of drug-likeness (QED) is 0.733. The number of nitrogens with one attached hydrogen (secondary N) is 1. The van der Waals surface area contributed by atoms with Crippen LogP contribution in [0.5, 0.6) is 0 Å². The molecule has 3 rings (SSSR count). The molecule has 1 aliphatic heterocycles. The maximum Gasteiger partial charge on any atom is 0.342 e. The molecule has 0 radical (unpaired) electrons. The van der Waals surface area contributed by atoms with Gasteiger partial charge in [-0.05, 0) is 48.9 Å². The van der Waals surface area contributed by atoms with Crippen LogP contribution in [0, 0.1) is 5.92 Å². The van der Waals surface area contributed by atoms with E-state index in [-0.39, 0.29) is 13.2 Å². The maximum atomic E-state index is 12.7. The SMILES string of the molecule is CCOC(=O)c1ccc(NC(=O)N2CC(C(=O)OC)C(c3ccc(Cl)cc3)=N2)cc1. The molecule has 30 heavy (non-hydrogen) atoms. The van der Waals surface area contributed by atoms with E-state index in [1.807, 2.05) is 0 Å². The molecule has 8 nitrogen and oxygen atoms in total. The summed E-state index contributed by atoms with van der Waals surface area (Å²) < 4.78 is 9.80. The van der Waals surface area contributed by atoms with Crippen LogP contribution in [0.15, 0.2) is 53.6 Å². The summed E-state index contributed by atoms with van der Waals surface area (Å²) in [5.74, 6) is -1.64. The lowest BCUT2D eigenvalue weighted by atomic mass is 9.98. The molecule has 0 aromatic heterocycles. The number of esters is 2. The Morgan fingerprint density at radius 1 is 1.13 bits per heavy atom. The third-order valence-corrected chi connectivity index (χ3v) is 4.67. The fourth-order valence-electron chi connectivity index (χ4n) is 2.93. The summed E-state index contributed by atoms with van der Waals surface area (Å²) in [5.41, 5.74) is 1.94. The van der Waals surface area contributed by atoms with Crippen molar-refractivity contribution >= 4 is 41.0 Å². The van der Waals surface area contributed by atoms with Crippen LogP contribution in [0.4, 0.5) is 10.5 Å². The molecule has 0 fully saturated rings. The second kappa shape index (κ2) is 9.41. The topological polar surface area (TPSA) is 97.3 Å². The molecule has 1 N–H and O–H groups in total. The van der Waals surface area contributed by atoms with Gasteiger partial charge in [-0.2, -0.15) is 5.10 Å². The molecular weight excluding hydrogens is 410 g/mol. The fourth-order valence-corrected chi connectivity index (χ4v) is 3.05. The van der Waals surface area contributed by atoms with Crippen molar-refractivity contribution in [2.75, 3.05) is 25.6 Å². The summed E-state index contributed by atoms with van der Waals surface area (Å²) in [7, 11) is 1.29. The fraction of sp³-hybridized carbons (Fsp3) is 0.238. The third kappa shape index (κ3) is 4.77. The summed E-state index contributed by atoms with van der Waals surface area (Å²) in [5, 5.41) is 8.74. The van der Waals surface area contributed by atoms with Gasteiger partial charge < -0.3 is 14.8 Å². The van der Waals surface area contributed by atoms with Crippen molar-refractivity contribution in [1.82, 2.24) is 5.01 Å². The van der Waals surface area contributed by atoms with Crippen molar-refractivity contribution in [3.8, 4) is 0 Å². The van der Waals surface area contributed by atoms with Gasteiger partial charge in [-0.3, -0.25) is 4.79 Å². The number of rotatable bonds is 5. The van der Waals surface area contributed by atoms with Crippen molar-refractivity contribution in [1.29, 1.82) is 0 Å². The monoisotopic (exact) mass is 429 g/mol. The molecule has 2 aromatic carbocycles. The molecule has 2 amide bonds. The number of ether oxygens (including phenoxy) is 2. The Kier molecular flexibility index (Phi) is 6.68. The number of hydrazone groups is 1. The van der Waals surface area contributed by atoms with Crippen LogP contribution >= 0.6 is 11.6 Å². The first-order valence-electron chi connectivity index (χ1n) is 9.21. The van der Waals surface area contributed by atoms with Crippen molar-refractivity contribution in [2.45, 2.75) is 6.92 Å². The standard InChI is InChI=1S/C21H20ClN3O5/c1-3-30-19(26)14-6-10-16(11-7-14)23-21(28)25-12-17(20(27)29-2)18(24-25)13-4-8-15(22)9-5-13/h4-11,17H,3,12H2,1-2H3,(H,23,28). The van der Waals surface area contributed by atoms with Crippen molar-refractivity contribution < 1.29 is 23.9 Å². The van der Waals surface area contributed by atoms with Gasteiger partial charge in [0.1, 0.15) is 5.92 Å². The number of methoxy groups -OCH3 is 1. The van der Waals surface area contributed by atoms with E-state index >= 15 is 0 Å². The molecule has 0 saturated heterocycles. The summed E-state index contributed by atoms with van der Waals surface area (Å²) in [4.78, 5) is 36.6. The van der Waals surface area contributed by atoms with E-state index in [1.54, 1.807) is 55.5 Å². The van der Waals surface area contributed by atoms with Gasteiger partial charge >= 0.3 is 18.0 Å². The molecule has 2 aromatic rings. The third-order valence-electron chi connectivity index (χ3n) is 4.42. The lowest BCUT2D eigenvalue weighted by molar-refractivity contribution is -0.142. The number of hydrogen-bond acceptors (Lipinski definition) is 6. The lowest BCUT2D eigenvalue weighted by Crippen LogP contribution is -2.33. The molecule has 1 atom stereocenters. The first kappa shape index (κ1) is 21.3. The molecule has 0 aliphatic carbocycles. The maximum absolute atomic E-state index is 12.7. The number of benzene rings is 2. The van der Waals surface area contributed by atoms with Gasteiger partial charge in [-0.25, -0.2) is 14.6 Å². The minimum Gasteiger partial charge on any atom is -0.468 e. The average Bonchev–Trinajstić information content (AvgIpc) is 3.20. The Morgan fingerprint density at radius 3 is 2.40 bits per heavy atom. The number of amides is 2. The molecule has 0 saturated carbocycles. The molecule has 1 heterocycles. The van der Waals surface area contributed by atoms with Crippen LogP contribution in [-0.2, 0) is 14.3 Å². The van der Waals surface area contributed by atoms with Gasteiger partial charge in [0, 0.05) is 10.7 Å². The zero-order valence-corrected chi connectivity index (χ0v) is 17.2. The van der Waals surface area contributed by atoms with Crippen molar-refractivity contribution in [3.63, 3.8) is 0 Å². The van der Waals surface area contributed by atoms with Crippen LogP contribution in [0.3, 0.4) is 0 Å². The van der Waals surface area contributed by atoms with E-state index in [2.05, 4.69) is 10.4 Å². The molecule has 156 valence electrons. The number of urea groups is 1. The van der Waals surface area contributed by atoms with Crippen molar-refractivity contribution in [2.24, 2.45) is 11.0 Å². The first-order chi connectivity index (χ1) is 14.4. The summed E-state index contributed by atoms with van der Waals surface area (Å²) >= 11 is 5.93. The minimum atomic E-state index is -0.715. The normalized spacial score (nSPS) is 15.4. The zero-order valence-electron chi connectivity index (χ0n) is 16.4. The Bertz CT molecular complexity index is 973. The number of hydrogen-bond donors (Lipinski definition) is 1. The van der Waals surface area contributed by atoms with E-state index in [0.29, 0.717) is 27.5 Å². The Morgan fingerprint density at radius 2 is 1.80 bits per heavy atom. The lowest BCUT2D eigenvalue weighted by Gasteiger charge is -2.14. The minimum absolute atomic E-state index is 0.0391. The van der Waals surface area contributed by atoms with Crippen LogP contribution in [0.1, 0.15) is 22.8 Å². The number of carbonyl (C=O) groups excluding carboxylic acids is 3. The van der Waals surface area contributed by atoms with Gasteiger partial charge in [0.05, 0.1) is 31.5 Å². The number of carbonyl (C=O) groups is 3. The van der Waals surface area contributed by atoms with Crippen LogP contribution in [0.25, 0.3) is 0 Å². The highest BCUT2D eigenvalue weighted by atomic mass is 35.5. The predicted octanol–water partition coefficient (Wildman–Crippen LogP) is 3.56. The summed E-state index contributed by atoms with van der Waals surface area (Å²) in [6, 6.07) is 12.6. The van der Waals surface area contributed by atoms with Crippen LogP contribution < -0.4 is 5.32 Å². The highest BCUT2D eigenvalue weighted by Crippen LogP contribution is 2.23. The molecule has 0 bridgehead atoms.